The number of fused-ring (bicyclic) bond motifs is 2. The van der Waals surface area contributed by atoms with E-state index < -0.39 is 0 Å². The van der Waals surface area contributed by atoms with Gasteiger partial charge in [-0.25, -0.2) is 4.79 Å². The van der Waals surface area contributed by atoms with E-state index in [-0.39, 0.29) is 11.9 Å². The molecule has 0 radical (unpaired) electrons. The predicted octanol–water partition coefficient (Wildman–Crippen LogP) is 8.72. The zero-order valence-electron chi connectivity index (χ0n) is 26.6. The van der Waals surface area contributed by atoms with Crippen molar-refractivity contribution in [1.29, 1.82) is 0 Å². The van der Waals surface area contributed by atoms with Crippen LogP contribution in [0.15, 0.2) is 60.7 Å². The molecule has 3 aromatic rings. The number of carbonyl (C=O) groups excluding carboxylic acids is 2. The van der Waals surface area contributed by atoms with Gasteiger partial charge < -0.3 is 14.2 Å². The van der Waals surface area contributed by atoms with Crippen molar-refractivity contribution in [1.82, 2.24) is 0 Å². The maximum Gasteiger partial charge on any atom is 0.337 e. The lowest BCUT2D eigenvalue weighted by Crippen LogP contribution is -2.20. The topological polar surface area (TPSA) is 61.8 Å². The number of benzene rings is 3. The lowest BCUT2D eigenvalue weighted by atomic mass is 9.72. The van der Waals surface area contributed by atoms with Gasteiger partial charge in [-0.05, 0) is 128 Å². The Kier molecular flexibility index (Phi) is 11.5. The minimum absolute atomic E-state index is 0.120. The lowest BCUT2D eigenvalue weighted by Gasteiger charge is -2.33. The fraction of sp³-hybridized carbons (Fsp3) is 0.487. The summed E-state index contributed by atoms with van der Waals surface area (Å²) >= 11 is 0. The van der Waals surface area contributed by atoms with Crippen molar-refractivity contribution in [3.8, 4) is 5.75 Å². The van der Waals surface area contributed by atoms with Crippen molar-refractivity contribution < 1.29 is 23.8 Å². The van der Waals surface area contributed by atoms with E-state index in [1.807, 2.05) is 6.07 Å². The number of aryl methyl sites for hydroxylation is 4. The van der Waals surface area contributed by atoms with Crippen LogP contribution in [0.1, 0.15) is 114 Å². The molecule has 0 saturated heterocycles. The first-order valence-corrected chi connectivity index (χ1v) is 16.6. The number of unbranched alkanes of at least 4 members (excludes halogenated alkanes) is 3. The molecule has 0 amide bonds. The fourth-order valence-electron chi connectivity index (χ4n) is 7.33. The van der Waals surface area contributed by atoms with Gasteiger partial charge in [0.2, 0.25) is 0 Å². The van der Waals surface area contributed by atoms with E-state index in [4.69, 9.17) is 14.2 Å². The molecule has 0 heterocycles. The van der Waals surface area contributed by atoms with E-state index >= 15 is 0 Å². The third kappa shape index (κ3) is 8.31. The summed E-state index contributed by atoms with van der Waals surface area (Å²) in [5, 5.41) is 0. The zero-order chi connectivity index (χ0) is 30.7. The first-order valence-electron chi connectivity index (χ1n) is 16.6. The quantitative estimate of drug-likeness (QED) is 0.130. The molecule has 44 heavy (non-hydrogen) atoms. The van der Waals surface area contributed by atoms with Crippen LogP contribution >= 0.6 is 0 Å². The highest BCUT2D eigenvalue weighted by Gasteiger charge is 2.28. The first-order chi connectivity index (χ1) is 21.6. The van der Waals surface area contributed by atoms with Gasteiger partial charge in [-0.3, -0.25) is 4.79 Å². The van der Waals surface area contributed by atoms with Crippen LogP contribution in [0.3, 0.4) is 0 Å². The van der Waals surface area contributed by atoms with Crippen molar-refractivity contribution in [2.24, 2.45) is 5.92 Å². The molecule has 0 spiro atoms. The number of methoxy groups -OCH3 is 2. The van der Waals surface area contributed by atoms with Crippen LogP contribution < -0.4 is 4.74 Å². The summed E-state index contributed by atoms with van der Waals surface area (Å²) in [5.74, 6) is 1.60. The van der Waals surface area contributed by atoms with Crippen LogP contribution in [0.25, 0.3) is 0 Å². The minimum atomic E-state index is -0.269. The molecule has 5 nitrogen and oxygen atoms in total. The van der Waals surface area contributed by atoms with Gasteiger partial charge in [0, 0.05) is 6.42 Å². The summed E-state index contributed by atoms with van der Waals surface area (Å²) < 4.78 is 16.2. The van der Waals surface area contributed by atoms with Gasteiger partial charge in [-0.1, -0.05) is 61.7 Å². The molecule has 0 N–H and O–H groups in total. The zero-order valence-corrected chi connectivity index (χ0v) is 26.6. The number of hydrogen-bond acceptors (Lipinski definition) is 5. The number of rotatable bonds is 15. The Morgan fingerprint density at radius 2 is 1.61 bits per heavy atom. The van der Waals surface area contributed by atoms with E-state index in [9.17, 15) is 9.59 Å². The SMILES string of the molecule is COC(=O)CCCCCC[C@@H](CCc1ccccc1OCc1ccc2c(c1)CCC2)C1CCCc2cc(C(=O)OC)ccc21. The standard InChI is InChI=1S/C39H48O5/c1-42-38(40)18-6-4-3-5-11-30(35-16-10-15-33-26-34(39(41)43-2)23-24-36(33)35)21-22-31-12-7-8-17-37(31)44-27-28-19-20-29-13-9-14-32(29)25-28/h7-8,12,17,19-20,23-26,30,35H,3-6,9-11,13-16,18,21-22,27H2,1-2H3/t30-,35?/m0/s1. The van der Waals surface area contributed by atoms with E-state index in [1.165, 1.54) is 73.3 Å². The Morgan fingerprint density at radius 1 is 0.795 bits per heavy atom. The minimum Gasteiger partial charge on any atom is -0.489 e. The molecule has 2 atom stereocenters. The fourth-order valence-corrected chi connectivity index (χ4v) is 7.33. The molecular weight excluding hydrogens is 548 g/mol. The molecule has 0 aliphatic heterocycles. The van der Waals surface area contributed by atoms with Crippen molar-refractivity contribution >= 4 is 11.9 Å². The van der Waals surface area contributed by atoms with Gasteiger partial charge in [0.05, 0.1) is 19.8 Å². The summed E-state index contributed by atoms with van der Waals surface area (Å²) in [7, 11) is 2.90. The Hall–Kier alpha value is -3.60. The number of ether oxygens (including phenoxy) is 3. The molecule has 2 aliphatic rings. The molecule has 0 aromatic heterocycles. The van der Waals surface area contributed by atoms with Gasteiger partial charge in [-0.15, -0.1) is 0 Å². The summed E-state index contributed by atoms with van der Waals surface area (Å²) in [4.78, 5) is 23.7. The van der Waals surface area contributed by atoms with Crippen molar-refractivity contribution in [2.75, 3.05) is 14.2 Å². The van der Waals surface area contributed by atoms with Gasteiger partial charge >= 0.3 is 11.9 Å². The van der Waals surface area contributed by atoms with Crippen LogP contribution in [0, 0.1) is 5.92 Å². The largest absolute Gasteiger partial charge is 0.489 e. The average molecular weight is 597 g/mol. The van der Waals surface area contributed by atoms with Crippen molar-refractivity contribution in [3.63, 3.8) is 0 Å². The molecule has 5 heteroatoms. The van der Waals surface area contributed by atoms with Gasteiger partial charge in [0.25, 0.3) is 0 Å². The van der Waals surface area contributed by atoms with Crippen LogP contribution in [-0.4, -0.2) is 26.2 Å². The second kappa shape index (κ2) is 15.9. The molecule has 0 fully saturated rings. The van der Waals surface area contributed by atoms with Gasteiger partial charge in [-0.2, -0.15) is 0 Å². The molecular formula is C39H48O5. The Bertz CT molecular complexity index is 1410. The normalized spacial score (nSPS) is 16.1. The van der Waals surface area contributed by atoms with E-state index in [1.54, 1.807) is 0 Å². The summed E-state index contributed by atoms with van der Waals surface area (Å²) in [6.45, 7) is 0.595. The second-order valence-electron chi connectivity index (χ2n) is 12.6. The highest BCUT2D eigenvalue weighted by Crippen LogP contribution is 2.42. The number of hydrogen-bond donors (Lipinski definition) is 0. The Labute approximate surface area is 263 Å². The van der Waals surface area contributed by atoms with Crippen LogP contribution in [0.2, 0.25) is 0 Å². The van der Waals surface area contributed by atoms with Gasteiger partial charge in [0.15, 0.2) is 0 Å². The molecule has 0 bridgehead atoms. The molecule has 3 aromatic carbocycles. The van der Waals surface area contributed by atoms with E-state index in [2.05, 4.69) is 54.6 Å². The highest BCUT2D eigenvalue weighted by molar-refractivity contribution is 5.89. The third-order valence-electron chi connectivity index (χ3n) is 9.74. The van der Waals surface area contributed by atoms with Crippen molar-refractivity contribution in [2.45, 2.75) is 102 Å². The molecule has 2 aliphatic carbocycles. The predicted molar refractivity (Wildman–Crippen MR) is 174 cm³/mol. The van der Waals surface area contributed by atoms with E-state index in [0.29, 0.717) is 30.4 Å². The first kappa shape index (κ1) is 31.8. The number of carbonyl (C=O) groups is 2. The maximum absolute atomic E-state index is 12.2. The van der Waals surface area contributed by atoms with Crippen LogP contribution in [-0.2, 0) is 46.6 Å². The van der Waals surface area contributed by atoms with Crippen LogP contribution in [0.5, 0.6) is 5.75 Å². The Morgan fingerprint density at radius 3 is 2.48 bits per heavy atom. The molecule has 5 rings (SSSR count). The highest BCUT2D eigenvalue weighted by atomic mass is 16.5. The summed E-state index contributed by atoms with van der Waals surface area (Å²) in [5.41, 5.74) is 8.84. The third-order valence-corrected chi connectivity index (χ3v) is 9.74. The lowest BCUT2D eigenvalue weighted by molar-refractivity contribution is -0.140. The summed E-state index contributed by atoms with van der Waals surface area (Å²) in [6.07, 6.45) is 14.9. The van der Waals surface area contributed by atoms with E-state index in [0.717, 1.165) is 63.5 Å². The number of esters is 2. The maximum atomic E-state index is 12.2. The van der Waals surface area contributed by atoms with Gasteiger partial charge in [0.1, 0.15) is 12.4 Å². The van der Waals surface area contributed by atoms with Crippen molar-refractivity contribution in [3.05, 3.63) is 99.6 Å². The summed E-state index contributed by atoms with van der Waals surface area (Å²) in [6, 6.07) is 21.5. The average Bonchev–Trinajstić information content (AvgIpc) is 3.54. The molecule has 1 unspecified atom stereocenters. The second-order valence-corrected chi connectivity index (χ2v) is 12.6. The number of para-hydroxylation sites is 1. The molecule has 0 saturated carbocycles. The van der Waals surface area contributed by atoms with Crippen LogP contribution in [0.4, 0.5) is 0 Å². The monoisotopic (exact) mass is 596 g/mol. The smallest absolute Gasteiger partial charge is 0.337 e. The molecule has 234 valence electrons. The Balaban J connectivity index is 1.26.